The molecule has 2 N–H and O–H groups in total. The second-order valence-electron chi connectivity index (χ2n) is 8.51. The minimum atomic E-state index is -10.0. The Labute approximate surface area is 186 Å². The number of hydrogen-bond donors (Lipinski definition) is 2. The SMILES string of the molecule is Fc1ccc(S(F)(F)(F)(F)F)cc1Nc1ncc(F)c(NC[C@@H]2CCCN3CCCC[C@H]23)n1. The smallest absolute Gasteiger partial charge is 0.310 e. The van der Waals surface area contributed by atoms with Crippen LogP contribution in [0.3, 0.4) is 0 Å². The molecule has 5 nitrogen and oxygen atoms in total. The number of nitrogens with zero attached hydrogens (tertiary/aromatic N) is 3. The summed E-state index contributed by atoms with van der Waals surface area (Å²) in [5.41, 5.74) is -0.900. The molecule has 1 aromatic heterocycles. The Morgan fingerprint density at radius 1 is 0.970 bits per heavy atom. The monoisotopic (exact) mass is 499 g/mol. The molecule has 2 atom stereocenters. The van der Waals surface area contributed by atoms with Crippen molar-refractivity contribution in [1.82, 2.24) is 14.9 Å². The highest BCUT2D eigenvalue weighted by molar-refractivity contribution is 8.45. The van der Waals surface area contributed by atoms with Gasteiger partial charge in [0.2, 0.25) is 5.95 Å². The number of hydrogen-bond acceptors (Lipinski definition) is 5. The first-order valence-electron chi connectivity index (χ1n) is 10.6. The zero-order chi connectivity index (χ0) is 23.9. The highest BCUT2D eigenvalue weighted by Gasteiger charge is 2.65. The second kappa shape index (κ2) is 7.90. The Morgan fingerprint density at radius 3 is 2.48 bits per heavy atom. The molecule has 184 valence electrons. The molecule has 4 rings (SSSR count). The third-order valence-corrected chi connectivity index (χ3v) is 7.28. The molecule has 13 heteroatoms. The lowest BCUT2D eigenvalue weighted by Gasteiger charge is -2.44. The second-order valence-corrected chi connectivity index (χ2v) is 10.9. The topological polar surface area (TPSA) is 53.1 Å². The maximum atomic E-state index is 14.3. The molecule has 2 saturated heterocycles. The molecule has 0 spiro atoms. The molecule has 0 unspecified atom stereocenters. The van der Waals surface area contributed by atoms with Crippen LogP contribution in [0, 0.1) is 17.6 Å². The summed E-state index contributed by atoms with van der Waals surface area (Å²) in [7, 11) is -10.0. The minimum Gasteiger partial charge on any atom is -0.367 e. The molecule has 33 heavy (non-hydrogen) atoms. The van der Waals surface area contributed by atoms with Crippen LogP contribution in [0.2, 0.25) is 0 Å². The van der Waals surface area contributed by atoms with E-state index < -0.39 is 38.4 Å². The van der Waals surface area contributed by atoms with Crippen molar-refractivity contribution in [1.29, 1.82) is 0 Å². The fourth-order valence-electron chi connectivity index (χ4n) is 4.55. The molecule has 2 aliphatic heterocycles. The molecule has 0 amide bonds. The first-order chi connectivity index (χ1) is 15.3. The molecule has 2 fully saturated rings. The quantitative estimate of drug-likeness (QED) is 0.427. The van der Waals surface area contributed by atoms with Gasteiger partial charge in [-0.05, 0) is 62.9 Å². The van der Waals surface area contributed by atoms with Crippen LogP contribution in [-0.2, 0) is 0 Å². The number of rotatable bonds is 6. The average molecular weight is 500 g/mol. The Kier molecular flexibility index (Phi) is 5.71. The van der Waals surface area contributed by atoms with Crippen LogP contribution in [0.25, 0.3) is 0 Å². The van der Waals surface area contributed by atoms with Crippen molar-refractivity contribution in [3.05, 3.63) is 36.0 Å². The maximum Gasteiger partial charge on any atom is 0.310 e. The van der Waals surface area contributed by atoms with Gasteiger partial charge >= 0.3 is 10.2 Å². The number of aromatic nitrogens is 2. The summed E-state index contributed by atoms with van der Waals surface area (Å²) in [6.45, 7) is 2.52. The summed E-state index contributed by atoms with van der Waals surface area (Å²) < 4.78 is 93.6. The van der Waals surface area contributed by atoms with E-state index in [9.17, 15) is 28.2 Å². The minimum absolute atomic E-state index is 0.0285. The summed E-state index contributed by atoms with van der Waals surface area (Å²) in [6.07, 6.45) is 6.14. The Balaban J connectivity index is 1.50. The van der Waals surface area contributed by atoms with Gasteiger partial charge in [0.1, 0.15) is 10.7 Å². The molecule has 2 aliphatic rings. The van der Waals surface area contributed by atoms with Gasteiger partial charge in [0.25, 0.3) is 0 Å². The molecule has 0 aliphatic carbocycles. The Hall–Kier alpha value is -2.28. The number of halogens is 7. The summed E-state index contributed by atoms with van der Waals surface area (Å²) in [4.78, 5) is 7.65. The van der Waals surface area contributed by atoms with Crippen LogP contribution in [0.5, 0.6) is 0 Å². The van der Waals surface area contributed by atoms with Gasteiger partial charge in [-0.15, -0.1) is 0 Å². The largest absolute Gasteiger partial charge is 0.367 e. The number of benzene rings is 1. The van der Waals surface area contributed by atoms with Crippen LogP contribution in [0.4, 0.5) is 45.7 Å². The molecule has 0 saturated carbocycles. The predicted molar refractivity (Wildman–Crippen MR) is 113 cm³/mol. The maximum absolute atomic E-state index is 14.3. The van der Waals surface area contributed by atoms with Crippen LogP contribution < -0.4 is 10.6 Å². The van der Waals surface area contributed by atoms with Crippen molar-refractivity contribution in [3.63, 3.8) is 0 Å². The van der Waals surface area contributed by atoms with Crippen molar-refractivity contribution >= 4 is 27.7 Å². The number of piperidine rings is 2. The number of anilines is 3. The summed E-state index contributed by atoms with van der Waals surface area (Å²) in [6, 6.07) is 0.596. The van der Waals surface area contributed by atoms with Gasteiger partial charge in [-0.2, -0.15) is 4.98 Å². The fourth-order valence-corrected chi connectivity index (χ4v) is 5.22. The van der Waals surface area contributed by atoms with Crippen LogP contribution in [0.1, 0.15) is 32.1 Å². The predicted octanol–water partition coefficient (Wildman–Crippen LogP) is 6.83. The first-order valence-corrected chi connectivity index (χ1v) is 12.6. The highest BCUT2D eigenvalue weighted by Crippen LogP contribution is 3.02. The zero-order valence-corrected chi connectivity index (χ0v) is 18.3. The Bertz CT molecular complexity index is 1030. The lowest BCUT2D eigenvalue weighted by atomic mass is 9.83. The van der Waals surface area contributed by atoms with E-state index in [0.717, 1.165) is 51.4 Å². The fraction of sp³-hybridized carbons (Fsp3) is 0.500. The molecular weight excluding hydrogens is 475 g/mol. The van der Waals surface area contributed by atoms with Crippen molar-refractivity contribution in [3.8, 4) is 0 Å². The van der Waals surface area contributed by atoms with E-state index in [1.807, 2.05) is 0 Å². The summed E-state index contributed by atoms with van der Waals surface area (Å²) in [5.74, 6) is -2.37. The molecule has 3 heterocycles. The third kappa shape index (κ3) is 5.62. The van der Waals surface area contributed by atoms with Gasteiger partial charge in [0.15, 0.2) is 11.6 Å². The molecule has 0 bridgehead atoms. The molecule has 0 radical (unpaired) electrons. The first kappa shape index (κ1) is 23.9. The van der Waals surface area contributed by atoms with E-state index in [-0.39, 0.29) is 29.9 Å². The van der Waals surface area contributed by atoms with E-state index >= 15 is 0 Å². The molecular formula is C20H24F7N5S. The normalized spacial score (nSPS) is 23.8. The van der Waals surface area contributed by atoms with Crippen molar-refractivity contribution < 1.29 is 28.2 Å². The Morgan fingerprint density at radius 2 is 1.73 bits per heavy atom. The summed E-state index contributed by atoms with van der Waals surface area (Å²) >= 11 is 0. The van der Waals surface area contributed by atoms with Gasteiger partial charge in [-0.1, -0.05) is 25.8 Å². The van der Waals surface area contributed by atoms with Gasteiger partial charge in [-0.3, -0.25) is 0 Å². The van der Waals surface area contributed by atoms with Gasteiger partial charge in [0, 0.05) is 12.6 Å². The highest BCUT2D eigenvalue weighted by atomic mass is 32.5. The lowest BCUT2D eigenvalue weighted by molar-refractivity contribution is 0.0648. The lowest BCUT2D eigenvalue weighted by Crippen LogP contribution is -2.49. The van der Waals surface area contributed by atoms with Crippen LogP contribution in [0.15, 0.2) is 29.3 Å². The van der Waals surface area contributed by atoms with E-state index in [1.165, 1.54) is 0 Å². The zero-order valence-electron chi connectivity index (χ0n) is 17.5. The number of nitrogens with one attached hydrogen (secondary N) is 2. The van der Waals surface area contributed by atoms with E-state index in [1.54, 1.807) is 0 Å². The molecule has 1 aromatic carbocycles. The molecule has 2 aromatic rings. The van der Waals surface area contributed by atoms with E-state index in [2.05, 4.69) is 25.5 Å². The van der Waals surface area contributed by atoms with E-state index in [4.69, 9.17) is 0 Å². The van der Waals surface area contributed by atoms with Crippen molar-refractivity contribution in [2.24, 2.45) is 5.92 Å². The van der Waals surface area contributed by atoms with Crippen molar-refractivity contribution in [2.45, 2.75) is 43.0 Å². The van der Waals surface area contributed by atoms with Gasteiger partial charge < -0.3 is 15.5 Å². The average Bonchev–Trinajstić information content (AvgIpc) is 2.73. The third-order valence-electron chi connectivity index (χ3n) is 6.13. The van der Waals surface area contributed by atoms with Crippen LogP contribution >= 0.6 is 10.2 Å². The number of fused-ring (bicyclic) bond motifs is 1. The van der Waals surface area contributed by atoms with Gasteiger partial charge in [-0.25, -0.2) is 13.8 Å². The standard InChI is InChI=1S/C20H24F7N5S/c21-15-7-6-14(33(23,24,25,26)27)10-17(15)30-20-29-12-16(22)19(31-20)28-11-13-4-3-9-32-8-2-1-5-18(13)32/h6-7,10,12-13,18H,1-5,8-9,11H2,(H2,28,29,30,31)/t13-,18+/m0/s1. The summed E-state index contributed by atoms with van der Waals surface area (Å²) in [5, 5.41) is 5.07. The van der Waals surface area contributed by atoms with E-state index in [0.29, 0.717) is 12.6 Å². The van der Waals surface area contributed by atoms with Crippen LogP contribution in [-0.4, -0.2) is 40.5 Å². The van der Waals surface area contributed by atoms with Crippen molar-refractivity contribution in [2.75, 3.05) is 30.3 Å². The van der Waals surface area contributed by atoms with Gasteiger partial charge in [0.05, 0.1) is 11.9 Å².